The Labute approximate surface area is 159 Å². The molecule has 0 radical (unpaired) electrons. The van der Waals surface area contributed by atoms with Crippen LogP contribution in [-0.4, -0.2) is 20.1 Å². The molecule has 2 aromatic heterocycles. The quantitative estimate of drug-likeness (QED) is 0.642. The normalized spacial score (nSPS) is 14.4. The Morgan fingerprint density at radius 2 is 2.04 bits per heavy atom. The molecule has 2 N–H and O–H groups in total. The molecule has 132 valence electrons. The van der Waals surface area contributed by atoms with E-state index in [1.54, 1.807) is 31.2 Å². The first-order valence-electron chi connectivity index (χ1n) is 7.38. The van der Waals surface area contributed by atoms with Crippen LogP contribution in [0.2, 0.25) is 5.02 Å². The molecule has 0 saturated carbocycles. The molecule has 2 heterocycles. The zero-order valence-corrected chi connectivity index (χ0v) is 16.5. The highest BCUT2D eigenvalue weighted by atomic mass is 35.5. The predicted molar refractivity (Wildman–Crippen MR) is 103 cm³/mol. The third-order valence-corrected chi connectivity index (χ3v) is 7.37. The van der Waals surface area contributed by atoms with Crippen molar-refractivity contribution < 1.29 is 13.5 Å². The summed E-state index contributed by atoms with van der Waals surface area (Å²) in [5.74, 6) is 0. The second-order valence-corrected chi connectivity index (χ2v) is 9.48. The van der Waals surface area contributed by atoms with Crippen molar-refractivity contribution in [1.82, 2.24) is 4.72 Å². The van der Waals surface area contributed by atoms with E-state index < -0.39 is 15.6 Å². The molecule has 0 spiro atoms. The Morgan fingerprint density at radius 1 is 1.24 bits per heavy atom. The molecule has 3 aromatic rings. The van der Waals surface area contributed by atoms with Crippen LogP contribution >= 0.6 is 34.3 Å². The van der Waals surface area contributed by atoms with Gasteiger partial charge in [0, 0.05) is 22.0 Å². The Kier molecular flexibility index (Phi) is 5.34. The molecule has 1 atom stereocenters. The second-order valence-electron chi connectivity index (χ2n) is 5.58. The third kappa shape index (κ3) is 3.81. The fraction of sp³-hybridized carbons (Fsp3) is 0.176. The van der Waals surface area contributed by atoms with Gasteiger partial charge >= 0.3 is 0 Å². The summed E-state index contributed by atoms with van der Waals surface area (Å²) in [6.45, 7) is 1.54. The van der Waals surface area contributed by atoms with Gasteiger partial charge in [0.25, 0.3) is 0 Å². The van der Waals surface area contributed by atoms with Crippen molar-refractivity contribution >= 4 is 44.3 Å². The zero-order valence-electron chi connectivity index (χ0n) is 13.3. The van der Waals surface area contributed by atoms with Gasteiger partial charge in [-0.1, -0.05) is 23.7 Å². The summed E-state index contributed by atoms with van der Waals surface area (Å²) in [5.41, 5.74) is -0.175. The summed E-state index contributed by atoms with van der Waals surface area (Å²) in [6.07, 6.45) is 0. The lowest BCUT2D eigenvalue weighted by Gasteiger charge is -2.27. The van der Waals surface area contributed by atoms with E-state index in [-0.39, 0.29) is 11.4 Å². The molecule has 1 aromatic carbocycles. The molecule has 0 bridgehead atoms. The number of aliphatic hydroxyl groups is 1. The summed E-state index contributed by atoms with van der Waals surface area (Å²) >= 11 is 8.76. The maximum atomic E-state index is 12.7. The molecule has 8 heteroatoms. The molecule has 1 unspecified atom stereocenters. The maximum Gasteiger partial charge on any atom is 0.241 e. The van der Waals surface area contributed by atoms with E-state index >= 15 is 0 Å². The maximum absolute atomic E-state index is 12.7. The molecule has 25 heavy (non-hydrogen) atoms. The van der Waals surface area contributed by atoms with E-state index in [9.17, 15) is 13.5 Å². The van der Waals surface area contributed by atoms with Gasteiger partial charge in [-0.2, -0.15) is 11.3 Å². The minimum Gasteiger partial charge on any atom is -0.378 e. The monoisotopic (exact) mass is 413 g/mol. The van der Waals surface area contributed by atoms with Crippen LogP contribution in [0.3, 0.4) is 0 Å². The van der Waals surface area contributed by atoms with E-state index in [4.69, 9.17) is 11.6 Å². The fourth-order valence-corrected chi connectivity index (χ4v) is 5.62. The standard InChI is InChI=1S/C17H16ClNO3S3/c1-12-4-5-14(18)9-15(12)25(21,22)19-11-17(20,13-6-8-23-10-13)16-3-2-7-24-16/h2-10,19-20H,11H2,1H3. The zero-order chi connectivity index (χ0) is 18.1. The predicted octanol–water partition coefficient (Wildman–Crippen LogP) is 3.99. The van der Waals surface area contributed by atoms with Crippen LogP contribution in [0.4, 0.5) is 0 Å². The Morgan fingerprint density at radius 3 is 2.68 bits per heavy atom. The molecule has 0 fully saturated rings. The van der Waals surface area contributed by atoms with Crippen molar-refractivity contribution in [3.05, 3.63) is 73.6 Å². The van der Waals surface area contributed by atoms with Gasteiger partial charge in [-0.25, -0.2) is 13.1 Å². The van der Waals surface area contributed by atoms with Crippen molar-refractivity contribution in [1.29, 1.82) is 0 Å². The first-order chi connectivity index (χ1) is 11.8. The van der Waals surface area contributed by atoms with E-state index in [1.165, 1.54) is 28.7 Å². The molecule has 3 rings (SSSR count). The number of hydrogen-bond acceptors (Lipinski definition) is 5. The highest BCUT2D eigenvalue weighted by Gasteiger charge is 2.35. The van der Waals surface area contributed by atoms with Crippen LogP contribution in [0, 0.1) is 6.92 Å². The van der Waals surface area contributed by atoms with E-state index in [0.717, 1.165) is 0 Å². The van der Waals surface area contributed by atoms with Crippen LogP contribution in [0.5, 0.6) is 0 Å². The molecule has 0 amide bonds. The van der Waals surface area contributed by atoms with Crippen LogP contribution in [0.25, 0.3) is 0 Å². The lowest BCUT2D eigenvalue weighted by Crippen LogP contribution is -2.41. The van der Waals surface area contributed by atoms with Crippen LogP contribution in [0.1, 0.15) is 16.0 Å². The molecule has 0 aliphatic carbocycles. The average Bonchev–Trinajstić information content (AvgIpc) is 3.28. The topological polar surface area (TPSA) is 66.4 Å². The molecular formula is C17H16ClNO3S3. The lowest BCUT2D eigenvalue weighted by molar-refractivity contribution is 0.0903. The number of thiophene rings is 2. The Bertz CT molecular complexity index is 917. The second kappa shape index (κ2) is 7.19. The van der Waals surface area contributed by atoms with E-state index in [2.05, 4.69) is 4.72 Å². The van der Waals surface area contributed by atoms with Crippen molar-refractivity contribution in [2.24, 2.45) is 0 Å². The fourth-order valence-electron chi connectivity index (χ4n) is 2.49. The molecule has 0 aliphatic rings. The first kappa shape index (κ1) is 18.6. The summed E-state index contributed by atoms with van der Waals surface area (Å²) in [5, 5.41) is 17.1. The number of sulfonamides is 1. The highest BCUT2D eigenvalue weighted by Crippen LogP contribution is 2.34. The molecule has 0 aliphatic heterocycles. The summed E-state index contributed by atoms with van der Waals surface area (Å²) in [6, 6.07) is 10.1. The van der Waals surface area contributed by atoms with Crippen molar-refractivity contribution in [2.45, 2.75) is 17.4 Å². The van der Waals surface area contributed by atoms with Crippen LogP contribution < -0.4 is 4.72 Å². The van der Waals surface area contributed by atoms with Gasteiger partial charge in [0.2, 0.25) is 10.0 Å². The Balaban J connectivity index is 1.93. The van der Waals surface area contributed by atoms with Gasteiger partial charge in [-0.15, -0.1) is 11.3 Å². The van der Waals surface area contributed by atoms with Crippen molar-refractivity contribution in [3.63, 3.8) is 0 Å². The first-order valence-corrected chi connectivity index (χ1v) is 11.1. The van der Waals surface area contributed by atoms with E-state index in [0.29, 0.717) is 21.0 Å². The summed E-state index contributed by atoms with van der Waals surface area (Å²) in [7, 11) is -3.82. The third-order valence-electron chi connectivity index (χ3n) is 3.89. The number of rotatable bonds is 6. The molecule has 0 saturated heterocycles. The SMILES string of the molecule is Cc1ccc(Cl)cc1S(=O)(=O)NCC(O)(c1ccsc1)c1cccs1. The number of nitrogens with one attached hydrogen (secondary N) is 1. The molecular weight excluding hydrogens is 398 g/mol. The van der Waals surface area contributed by atoms with Crippen molar-refractivity contribution in [3.8, 4) is 0 Å². The smallest absolute Gasteiger partial charge is 0.241 e. The summed E-state index contributed by atoms with van der Waals surface area (Å²) < 4.78 is 28.0. The van der Waals surface area contributed by atoms with E-state index in [1.807, 2.05) is 22.2 Å². The van der Waals surface area contributed by atoms with Crippen LogP contribution in [-0.2, 0) is 15.6 Å². The number of benzene rings is 1. The van der Waals surface area contributed by atoms with Gasteiger partial charge in [0.05, 0.1) is 4.90 Å². The van der Waals surface area contributed by atoms with Crippen molar-refractivity contribution in [2.75, 3.05) is 6.54 Å². The number of halogens is 1. The minimum atomic E-state index is -3.82. The van der Waals surface area contributed by atoms with Gasteiger partial charge in [0.15, 0.2) is 0 Å². The molecule has 4 nitrogen and oxygen atoms in total. The lowest BCUT2D eigenvalue weighted by atomic mass is 9.95. The van der Waals surface area contributed by atoms with Crippen LogP contribution in [0.15, 0.2) is 57.4 Å². The minimum absolute atomic E-state index is 0.110. The van der Waals surface area contributed by atoms with Gasteiger partial charge in [-0.3, -0.25) is 0 Å². The average molecular weight is 414 g/mol. The van der Waals surface area contributed by atoms with Gasteiger partial charge in [0.1, 0.15) is 5.60 Å². The highest BCUT2D eigenvalue weighted by molar-refractivity contribution is 7.89. The van der Waals surface area contributed by atoms with Gasteiger partial charge < -0.3 is 5.11 Å². The van der Waals surface area contributed by atoms with Gasteiger partial charge in [-0.05, 0) is 52.9 Å². The largest absolute Gasteiger partial charge is 0.378 e. The number of aryl methyl sites for hydroxylation is 1. The Hall–Kier alpha value is -1.22. The number of hydrogen-bond donors (Lipinski definition) is 2. The summed E-state index contributed by atoms with van der Waals surface area (Å²) in [4.78, 5) is 0.787.